The van der Waals surface area contributed by atoms with E-state index < -0.39 is 72.2 Å². The number of aromatic nitrogens is 1. The van der Waals surface area contributed by atoms with Gasteiger partial charge in [0.2, 0.25) is 15.9 Å². The van der Waals surface area contributed by atoms with Gasteiger partial charge in [-0.25, -0.2) is 22.0 Å². The van der Waals surface area contributed by atoms with Gasteiger partial charge in [0.15, 0.2) is 21.9 Å². The van der Waals surface area contributed by atoms with Crippen LogP contribution in [0.3, 0.4) is 0 Å². The van der Waals surface area contributed by atoms with Crippen molar-refractivity contribution in [2.75, 3.05) is 19.9 Å². The Balaban J connectivity index is 1.70. The number of carbonyl (C=O) groups is 2. The van der Waals surface area contributed by atoms with Crippen LogP contribution in [0.15, 0.2) is 67.0 Å². The van der Waals surface area contributed by atoms with Crippen LogP contribution in [0.2, 0.25) is 0 Å². The van der Waals surface area contributed by atoms with Gasteiger partial charge in [-0.05, 0) is 71.6 Å². The maximum absolute atomic E-state index is 14.7. The number of sulfone groups is 1. The molecule has 1 aromatic heterocycles. The molecule has 4 atom stereocenters. The number of primary sulfonamides is 1. The van der Waals surface area contributed by atoms with Gasteiger partial charge in [0, 0.05) is 48.1 Å². The predicted octanol–water partition coefficient (Wildman–Crippen LogP) is 3.30. The molecular weight excluding hydrogens is 657 g/mol. The smallest absolute Gasteiger partial charge is 0.261 e. The van der Waals surface area contributed by atoms with Gasteiger partial charge in [-0.15, -0.1) is 0 Å². The molecule has 1 fully saturated rings. The molecule has 2 N–H and O–H groups in total. The Hall–Kier alpha value is -3.59. The van der Waals surface area contributed by atoms with Crippen molar-refractivity contribution in [3.05, 3.63) is 72.6 Å². The Labute approximate surface area is 283 Å². The number of benzene rings is 2. The van der Waals surface area contributed by atoms with Crippen molar-refractivity contribution in [1.82, 2.24) is 14.8 Å². The van der Waals surface area contributed by atoms with E-state index >= 15 is 0 Å². The highest BCUT2D eigenvalue weighted by Crippen LogP contribution is 2.35. The molecular formula is C34H46N4O8S2. The van der Waals surface area contributed by atoms with E-state index in [9.17, 15) is 26.4 Å². The fourth-order valence-electron chi connectivity index (χ4n) is 5.93. The summed E-state index contributed by atoms with van der Waals surface area (Å²) in [6.45, 7) is 7.60. The number of epoxide rings is 1. The second-order valence-corrected chi connectivity index (χ2v) is 18.1. The van der Waals surface area contributed by atoms with Gasteiger partial charge < -0.3 is 19.3 Å². The summed E-state index contributed by atoms with van der Waals surface area (Å²) in [4.78, 5) is 35.8. The van der Waals surface area contributed by atoms with Gasteiger partial charge in [-0.2, -0.15) is 0 Å². The number of hydrogen-bond donors (Lipinski definition) is 1. The number of ether oxygens (including phenoxy) is 2. The number of carbonyl (C=O) groups excluding carboxylic acids is 2. The fraction of sp³-hybridized carbons (Fsp3) is 0.500. The normalized spacial score (nSPS) is 18.2. The first-order valence-electron chi connectivity index (χ1n) is 15.7. The van der Waals surface area contributed by atoms with E-state index in [4.69, 9.17) is 14.6 Å². The molecule has 2 heterocycles. The molecule has 12 nitrogen and oxygen atoms in total. The van der Waals surface area contributed by atoms with Gasteiger partial charge >= 0.3 is 0 Å². The molecule has 1 saturated heterocycles. The van der Waals surface area contributed by atoms with Crippen LogP contribution in [0, 0.1) is 0 Å². The first-order valence-corrected chi connectivity index (χ1v) is 19.2. The Kier molecular flexibility index (Phi) is 10.9. The molecule has 0 saturated carbocycles. The number of aryl methyl sites for hydroxylation is 1. The van der Waals surface area contributed by atoms with E-state index in [1.807, 2.05) is 36.4 Å². The highest BCUT2D eigenvalue weighted by molar-refractivity contribution is 7.92. The Bertz CT molecular complexity index is 1840. The maximum Gasteiger partial charge on any atom is 0.261 e. The van der Waals surface area contributed by atoms with Crippen LogP contribution in [0.1, 0.15) is 53.0 Å². The average molecular weight is 703 g/mol. The topological polar surface area (TPSA) is 170 Å². The quantitative estimate of drug-likeness (QED) is 0.248. The summed E-state index contributed by atoms with van der Waals surface area (Å²) in [5, 5.41) is 6.88. The van der Waals surface area contributed by atoms with Gasteiger partial charge in [0.1, 0.15) is 17.9 Å². The molecule has 1 aliphatic rings. The third-order valence-corrected chi connectivity index (χ3v) is 12.2. The van der Waals surface area contributed by atoms with Crippen molar-refractivity contribution in [2.24, 2.45) is 5.14 Å². The Morgan fingerprint density at radius 3 is 2.25 bits per heavy atom. The minimum absolute atomic E-state index is 0.144. The lowest BCUT2D eigenvalue weighted by Crippen LogP contribution is -2.67. The highest BCUT2D eigenvalue weighted by atomic mass is 32.2. The molecule has 0 aliphatic carbocycles. The number of sulfonamides is 1. The molecule has 262 valence electrons. The number of pyridine rings is 1. The standard InChI is InChI=1S/C34H46N4O8S2/c1-33(2,3)38(29(39)22-45-27-15-11-14-24-21-36-19-18-26(24)27)30(34(4,5)47(7,41)42)31(40)37(6)25(17-16-23-12-9-8-10-13-23)20-28-32(46-28)48(35,43)44/h8-15,18-19,21,25,28,30,32H,16-17,20,22H2,1-7H3,(H2,35,43,44)/t25-,28?,30-,32?/m1/s1. The molecule has 0 bridgehead atoms. The number of likely N-dealkylation sites (N-methyl/N-ethyl adjacent to an activating group) is 1. The summed E-state index contributed by atoms with van der Waals surface area (Å²) in [6.07, 6.45) is 4.71. The Morgan fingerprint density at radius 1 is 1.00 bits per heavy atom. The minimum Gasteiger partial charge on any atom is -0.483 e. The summed E-state index contributed by atoms with van der Waals surface area (Å²) in [7, 11) is -6.36. The third kappa shape index (κ3) is 8.52. The average Bonchev–Trinajstić information content (AvgIpc) is 3.79. The van der Waals surface area contributed by atoms with E-state index in [1.54, 1.807) is 58.4 Å². The van der Waals surface area contributed by atoms with Crippen LogP contribution in [0.5, 0.6) is 5.75 Å². The summed E-state index contributed by atoms with van der Waals surface area (Å²) in [5.74, 6) is -0.761. The van der Waals surface area contributed by atoms with E-state index in [0.29, 0.717) is 18.6 Å². The number of rotatable bonds is 14. The van der Waals surface area contributed by atoms with Gasteiger partial charge in [-0.1, -0.05) is 42.5 Å². The van der Waals surface area contributed by atoms with Crippen molar-refractivity contribution >= 4 is 42.4 Å². The Morgan fingerprint density at radius 2 is 1.67 bits per heavy atom. The number of nitrogens with two attached hydrogens (primary N) is 1. The number of amides is 2. The molecule has 2 amide bonds. The van der Waals surface area contributed by atoms with Gasteiger partial charge in [0.25, 0.3) is 5.91 Å². The lowest BCUT2D eigenvalue weighted by molar-refractivity contribution is -0.154. The number of fused-ring (bicyclic) bond motifs is 1. The molecule has 0 spiro atoms. The van der Waals surface area contributed by atoms with Crippen molar-refractivity contribution in [3.8, 4) is 5.75 Å². The number of nitrogens with zero attached hydrogens (tertiary/aromatic N) is 3. The minimum atomic E-state index is -3.96. The zero-order chi connectivity index (χ0) is 35.7. The van der Waals surface area contributed by atoms with E-state index in [-0.39, 0.29) is 6.42 Å². The molecule has 2 unspecified atom stereocenters. The number of hydrogen-bond acceptors (Lipinski definition) is 9. The SMILES string of the molecule is CN(C(=O)[C@@H](N(C(=O)COc1cccc2cnccc12)C(C)(C)C)C(C)(C)S(C)(=O)=O)[C@H](CCc1ccccc1)CC1OC1S(N)(=O)=O. The van der Waals surface area contributed by atoms with Crippen LogP contribution in [0.4, 0.5) is 0 Å². The van der Waals surface area contributed by atoms with Crippen LogP contribution in [-0.4, -0.2) is 97.3 Å². The zero-order valence-corrected chi connectivity index (χ0v) is 30.1. The molecule has 4 rings (SSSR count). The summed E-state index contributed by atoms with van der Waals surface area (Å²) < 4.78 is 60.4. The van der Waals surface area contributed by atoms with E-state index in [0.717, 1.165) is 22.6 Å². The predicted molar refractivity (Wildman–Crippen MR) is 184 cm³/mol. The molecule has 0 radical (unpaired) electrons. The molecule has 2 aromatic carbocycles. The summed E-state index contributed by atoms with van der Waals surface area (Å²) in [6, 6.07) is 14.7. The van der Waals surface area contributed by atoms with Crippen molar-refractivity contribution < 1.29 is 35.9 Å². The lowest BCUT2D eigenvalue weighted by Gasteiger charge is -2.48. The van der Waals surface area contributed by atoms with Crippen LogP contribution >= 0.6 is 0 Å². The zero-order valence-electron chi connectivity index (χ0n) is 28.5. The second-order valence-electron chi connectivity index (χ2n) is 13.8. The largest absolute Gasteiger partial charge is 0.483 e. The first kappa shape index (κ1) is 37.2. The molecule has 3 aromatic rings. The third-order valence-electron chi connectivity index (χ3n) is 8.96. The van der Waals surface area contributed by atoms with Crippen LogP contribution < -0.4 is 9.88 Å². The summed E-state index contributed by atoms with van der Waals surface area (Å²) in [5.41, 5.74) is -1.20. The first-order chi connectivity index (χ1) is 22.2. The molecule has 1 aliphatic heterocycles. The monoisotopic (exact) mass is 702 g/mol. The van der Waals surface area contributed by atoms with Crippen molar-refractivity contribution in [1.29, 1.82) is 0 Å². The summed E-state index contributed by atoms with van der Waals surface area (Å²) >= 11 is 0. The van der Waals surface area contributed by atoms with Gasteiger partial charge in [0.05, 0.1) is 4.75 Å². The van der Waals surface area contributed by atoms with Crippen molar-refractivity contribution in [3.63, 3.8) is 0 Å². The lowest BCUT2D eigenvalue weighted by atomic mass is 9.92. The second kappa shape index (κ2) is 14.1. The van der Waals surface area contributed by atoms with Gasteiger partial charge in [-0.3, -0.25) is 14.6 Å². The van der Waals surface area contributed by atoms with E-state index in [2.05, 4.69) is 4.98 Å². The van der Waals surface area contributed by atoms with E-state index in [1.165, 1.54) is 23.6 Å². The fourth-order valence-corrected chi connectivity index (χ4v) is 7.37. The van der Waals surface area contributed by atoms with Crippen LogP contribution in [0.25, 0.3) is 10.8 Å². The van der Waals surface area contributed by atoms with Crippen molar-refractivity contribution in [2.45, 2.75) is 87.8 Å². The highest BCUT2D eigenvalue weighted by Gasteiger charge is 2.54. The molecule has 48 heavy (non-hydrogen) atoms. The molecule has 14 heteroatoms. The van der Waals surface area contributed by atoms with Crippen LogP contribution in [-0.2, 0) is 40.6 Å². The maximum atomic E-state index is 14.7.